The summed E-state index contributed by atoms with van der Waals surface area (Å²) < 4.78 is 11.1. The van der Waals surface area contributed by atoms with Gasteiger partial charge in [-0.05, 0) is 30.9 Å². The highest BCUT2D eigenvalue weighted by atomic mass is 16.5. The standard InChI is InChI=1S/C15H27NO2/c1-5-8-16-11-13-6-9-18-14(13)12-17-10-7-15(2,3)4/h6,9,16H,5,7-8,10-12H2,1-4H3. The first-order valence-corrected chi connectivity index (χ1v) is 6.86. The van der Waals surface area contributed by atoms with E-state index in [1.165, 1.54) is 5.56 Å². The van der Waals surface area contributed by atoms with E-state index in [2.05, 4.69) is 33.0 Å². The van der Waals surface area contributed by atoms with Gasteiger partial charge < -0.3 is 14.5 Å². The molecule has 18 heavy (non-hydrogen) atoms. The molecule has 1 aromatic rings. The van der Waals surface area contributed by atoms with Crippen LogP contribution in [0.2, 0.25) is 0 Å². The molecule has 1 aromatic heterocycles. The second-order valence-electron chi connectivity index (χ2n) is 5.91. The average molecular weight is 253 g/mol. The van der Waals surface area contributed by atoms with Crippen LogP contribution in [0.25, 0.3) is 0 Å². The molecule has 0 saturated heterocycles. The maximum absolute atomic E-state index is 5.68. The van der Waals surface area contributed by atoms with Crippen molar-refractivity contribution in [2.24, 2.45) is 5.41 Å². The van der Waals surface area contributed by atoms with Gasteiger partial charge in [0.1, 0.15) is 12.4 Å². The molecule has 1 heterocycles. The first-order valence-electron chi connectivity index (χ1n) is 6.86. The van der Waals surface area contributed by atoms with Crippen molar-refractivity contribution in [3.63, 3.8) is 0 Å². The van der Waals surface area contributed by atoms with Crippen molar-refractivity contribution in [2.45, 2.75) is 53.7 Å². The van der Waals surface area contributed by atoms with Crippen LogP contribution < -0.4 is 5.32 Å². The number of nitrogens with one attached hydrogen (secondary N) is 1. The Morgan fingerprint density at radius 3 is 2.78 bits per heavy atom. The summed E-state index contributed by atoms with van der Waals surface area (Å²) in [4.78, 5) is 0. The van der Waals surface area contributed by atoms with Gasteiger partial charge in [-0.2, -0.15) is 0 Å². The summed E-state index contributed by atoms with van der Waals surface area (Å²) in [6.45, 7) is 12.1. The molecule has 0 fully saturated rings. The van der Waals surface area contributed by atoms with Gasteiger partial charge in [-0.25, -0.2) is 0 Å². The topological polar surface area (TPSA) is 34.4 Å². The van der Waals surface area contributed by atoms with E-state index in [-0.39, 0.29) is 0 Å². The van der Waals surface area contributed by atoms with Crippen LogP contribution >= 0.6 is 0 Å². The third-order valence-electron chi connectivity index (χ3n) is 2.81. The van der Waals surface area contributed by atoms with Gasteiger partial charge in [-0.3, -0.25) is 0 Å². The summed E-state index contributed by atoms with van der Waals surface area (Å²) in [5.74, 6) is 0.951. The molecular formula is C15H27NO2. The molecule has 1 rings (SSSR count). The molecule has 104 valence electrons. The van der Waals surface area contributed by atoms with Crippen molar-refractivity contribution in [2.75, 3.05) is 13.2 Å². The predicted octanol–water partition coefficient (Wildman–Crippen LogP) is 3.73. The second-order valence-corrected chi connectivity index (χ2v) is 5.91. The molecule has 0 aliphatic heterocycles. The lowest BCUT2D eigenvalue weighted by Crippen LogP contribution is -2.14. The van der Waals surface area contributed by atoms with Crippen molar-refractivity contribution in [1.82, 2.24) is 5.32 Å². The number of furan rings is 1. The van der Waals surface area contributed by atoms with Crippen LogP contribution in [-0.4, -0.2) is 13.2 Å². The first kappa shape index (κ1) is 15.3. The lowest BCUT2D eigenvalue weighted by Gasteiger charge is -2.17. The fourth-order valence-corrected chi connectivity index (χ4v) is 1.59. The van der Waals surface area contributed by atoms with Gasteiger partial charge in [-0.15, -0.1) is 0 Å². The third-order valence-corrected chi connectivity index (χ3v) is 2.81. The Balaban J connectivity index is 2.27. The molecule has 0 radical (unpaired) electrons. The van der Waals surface area contributed by atoms with Crippen molar-refractivity contribution < 1.29 is 9.15 Å². The van der Waals surface area contributed by atoms with Crippen molar-refractivity contribution in [1.29, 1.82) is 0 Å². The van der Waals surface area contributed by atoms with Gasteiger partial charge in [0, 0.05) is 18.7 Å². The molecule has 3 nitrogen and oxygen atoms in total. The smallest absolute Gasteiger partial charge is 0.133 e. The highest BCUT2D eigenvalue weighted by Gasteiger charge is 2.10. The summed E-state index contributed by atoms with van der Waals surface area (Å²) in [7, 11) is 0. The van der Waals surface area contributed by atoms with Crippen LogP contribution in [0.3, 0.4) is 0 Å². The van der Waals surface area contributed by atoms with E-state index in [0.717, 1.165) is 38.3 Å². The summed E-state index contributed by atoms with van der Waals surface area (Å²) in [5.41, 5.74) is 1.54. The molecule has 3 heteroatoms. The van der Waals surface area contributed by atoms with Crippen molar-refractivity contribution >= 4 is 0 Å². The highest BCUT2D eigenvalue weighted by molar-refractivity contribution is 5.16. The van der Waals surface area contributed by atoms with Gasteiger partial charge in [0.25, 0.3) is 0 Å². The Morgan fingerprint density at radius 1 is 1.33 bits per heavy atom. The SMILES string of the molecule is CCCNCc1ccoc1COCCC(C)(C)C. The Labute approximate surface area is 111 Å². The third kappa shape index (κ3) is 6.22. The van der Waals surface area contributed by atoms with Gasteiger partial charge >= 0.3 is 0 Å². The molecule has 0 bridgehead atoms. The van der Waals surface area contributed by atoms with Gasteiger partial charge in [-0.1, -0.05) is 27.7 Å². The minimum absolute atomic E-state index is 0.328. The molecule has 0 unspecified atom stereocenters. The largest absolute Gasteiger partial charge is 0.467 e. The summed E-state index contributed by atoms with van der Waals surface area (Å²) in [5, 5.41) is 3.38. The monoisotopic (exact) mass is 253 g/mol. The van der Waals surface area contributed by atoms with E-state index < -0.39 is 0 Å². The zero-order chi connectivity index (χ0) is 13.4. The van der Waals surface area contributed by atoms with Gasteiger partial charge in [0.15, 0.2) is 0 Å². The number of ether oxygens (including phenoxy) is 1. The molecule has 0 aromatic carbocycles. The number of rotatable bonds is 8. The Kier molecular flexibility index (Phi) is 6.44. The van der Waals surface area contributed by atoms with E-state index in [1.54, 1.807) is 6.26 Å². The highest BCUT2D eigenvalue weighted by Crippen LogP contribution is 2.19. The maximum atomic E-state index is 5.68. The Hall–Kier alpha value is -0.800. The minimum Gasteiger partial charge on any atom is -0.467 e. The zero-order valence-electron chi connectivity index (χ0n) is 12.2. The van der Waals surface area contributed by atoms with E-state index in [9.17, 15) is 0 Å². The maximum Gasteiger partial charge on any atom is 0.133 e. The van der Waals surface area contributed by atoms with Gasteiger partial charge in [0.05, 0.1) is 6.26 Å². The Morgan fingerprint density at radius 2 is 2.11 bits per heavy atom. The number of hydrogen-bond acceptors (Lipinski definition) is 3. The van der Waals surface area contributed by atoms with Crippen molar-refractivity contribution in [3.05, 3.63) is 23.7 Å². The lowest BCUT2D eigenvalue weighted by atomic mass is 9.93. The molecule has 0 atom stereocenters. The molecule has 1 N–H and O–H groups in total. The van der Waals surface area contributed by atoms with Crippen LogP contribution in [0.1, 0.15) is 51.9 Å². The molecule has 0 aliphatic carbocycles. The molecule has 0 spiro atoms. The normalized spacial score (nSPS) is 12.0. The summed E-state index contributed by atoms with van der Waals surface area (Å²) >= 11 is 0. The fraction of sp³-hybridized carbons (Fsp3) is 0.733. The predicted molar refractivity (Wildman–Crippen MR) is 74.4 cm³/mol. The molecule has 0 saturated carbocycles. The quantitative estimate of drug-likeness (QED) is 0.717. The summed E-state index contributed by atoms with van der Waals surface area (Å²) in [6, 6.07) is 2.02. The summed E-state index contributed by atoms with van der Waals surface area (Å²) in [6.07, 6.45) is 3.96. The molecule has 0 aliphatic rings. The van der Waals surface area contributed by atoms with E-state index >= 15 is 0 Å². The van der Waals surface area contributed by atoms with E-state index in [0.29, 0.717) is 12.0 Å². The van der Waals surface area contributed by atoms with E-state index in [1.807, 2.05) is 6.07 Å². The first-order chi connectivity index (χ1) is 8.53. The van der Waals surface area contributed by atoms with E-state index in [4.69, 9.17) is 9.15 Å². The van der Waals surface area contributed by atoms with Crippen LogP contribution in [0.5, 0.6) is 0 Å². The van der Waals surface area contributed by atoms with Gasteiger partial charge in [0.2, 0.25) is 0 Å². The minimum atomic E-state index is 0.328. The average Bonchev–Trinajstić information content (AvgIpc) is 2.71. The van der Waals surface area contributed by atoms with Crippen LogP contribution in [0.15, 0.2) is 16.7 Å². The van der Waals surface area contributed by atoms with Crippen LogP contribution in [-0.2, 0) is 17.9 Å². The zero-order valence-corrected chi connectivity index (χ0v) is 12.2. The lowest BCUT2D eigenvalue weighted by molar-refractivity contribution is 0.0837. The fourth-order valence-electron chi connectivity index (χ4n) is 1.59. The molecular weight excluding hydrogens is 226 g/mol. The van der Waals surface area contributed by atoms with Crippen LogP contribution in [0.4, 0.5) is 0 Å². The second kappa shape index (κ2) is 7.59. The van der Waals surface area contributed by atoms with Crippen molar-refractivity contribution in [3.8, 4) is 0 Å². The molecule has 0 amide bonds. The number of hydrogen-bond donors (Lipinski definition) is 1. The van der Waals surface area contributed by atoms with Crippen LogP contribution in [0, 0.1) is 5.41 Å². The Bertz CT molecular complexity index is 325.